The summed E-state index contributed by atoms with van der Waals surface area (Å²) in [6.45, 7) is 1.58. The molecule has 15 heavy (non-hydrogen) atoms. The average Bonchev–Trinajstić information content (AvgIpc) is 2.78. The predicted molar refractivity (Wildman–Crippen MR) is 60.7 cm³/mol. The van der Waals surface area contributed by atoms with Crippen molar-refractivity contribution in [1.29, 1.82) is 0 Å². The SMILES string of the molecule is CC1(CF)SCc2nc3ccccc3n21. The lowest BCUT2D eigenvalue weighted by atomic mass is 10.3. The van der Waals surface area contributed by atoms with E-state index in [4.69, 9.17) is 0 Å². The van der Waals surface area contributed by atoms with E-state index in [0.29, 0.717) is 0 Å². The highest BCUT2D eigenvalue weighted by Gasteiger charge is 2.37. The van der Waals surface area contributed by atoms with Crippen LogP contribution in [-0.4, -0.2) is 16.2 Å². The van der Waals surface area contributed by atoms with E-state index in [0.717, 1.165) is 22.6 Å². The second-order valence-corrected chi connectivity index (χ2v) is 5.41. The lowest BCUT2D eigenvalue weighted by Gasteiger charge is -2.22. The van der Waals surface area contributed by atoms with Gasteiger partial charge in [0.15, 0.2) is 0 Å². The minimum Gasteiger partial charge on any atom is -0.309 e. The third-order valence-electron chi connectivity index (χ3n) is 2.86. The molecule has 0 radical (unpaired) electrons. The first kappa shape index (κ1) is 9.21. The third kappa shape index (κ3) is 1.14. The lowest BCUT2D eigenvalue weighted by Crippen LogP contribution is -2.24. The standard InChI is InChI=1S/C11H11FN2S/c1-11(7-12)14-9-5-3-2-4-8(9)13-10(14)6-15-11/h2-5H,6-7H2,1H3. The second kappa shape index (κ2) is 2.98. The molecule has 0 spiro atoms. The third-order valence-corrected chi connectivity index (χ3v) is 4.18. The van der Waals surface area contributed by atoms with Gasteiger partial charge in [0, 0.05) is 0 Å². The summed E-state index contributed by atoms with van der Waals surface area (Å²) in [7, 11) is 0. The molecule has 4 heteroatoms. The molecule has 1 atom stereocenters. The minimum atomic E-state index is -0.467. The van der Waals surface area contributed by atoms with Gasteiger partial charge in [0.1, 0.15) is 17.4 Å². The normalized spacial score (nSPS) is 24.7. The summed E-state index contributed by atoms with van der Waals surface area (Å²) in [4.78, 5) is 4.05. The smallest absolute Gasteiger partial charge is 0.122 e. The van der Waals surface area contributed by atoms with Crippen molar-refractivity contribution in [3.05, 3.63) is 30.1 Å². The Morgan fingerprint density at radius 2 is 2.33 bits per heavy atom. The Hall–Kier alpha value is -1.03. The molecule has 1 aliphatic heterocycles. The number of fused-ring (bicyclic) bond motifs is 3. The van der Waals surface area contributed by atoms with Crippen LogP contribution in [0.5, 0.6) is 0 Å². The first-order valence-corrected chi connectivity index (χ1v) is 5.90. The van der Waals surface area contributed by atoms with Crippen LogP contribution in [-0.2, 0) is 10.6 Å². The van der Waals surface area contributed by atoms with Crippen molar-refractivity contribution in [1.82, 2.24) is 9.55 Å². The quantitative estimate of drug-likeness (QED) is 0.738. The second-order valence-electron chi connectivity index (χ2n) is 3.95. The van der Waals surface area contributed by atoms with Crippen molar-refractivity contribution >= 4 is 22.8 Å². The van der Waals surface area contributed by atoms with E-state index in [2.05, 4.69) is 4.98 Å². The van der Waals surface area contributed by atoms with Crippen LogP contribution in [0.15, 0.2) is 24.3 Å². The maximum atomic E-state index is 13.1. The fraction of sp³-hybridized carbons (Fsp3) is 0.364. The summed E-state index contributed by atoms with van der Waals surface area (Å²) in [6, 6.07) is 7.92. The van der Waals surface area contributed by atoms with Crippen LogP contribution in [0.25, 0.3) is 11.0 Å². The van der Waals surface area contributed by atoms with E-state index in [-0.39, 0.29) is 6.67 Å². The van der Waals surface area contributed by atoms with E-state index in [1.54, 1.807) is 11.8 Å². The van der Waals surface area contributed by atoms with Gasteiger partial charge in [-0.25, -0.2) is 9.37 Å². The molecule has 1 aromatic heterocycles. The number of halogens is 1. The molecule has 1 unspecified atom stereocenters. The average molecular weight is 222 g/mol. The number of benzene rings is 1. The fourth-order valence-corrected chi connectivity index (χ4v) is 3.13. The monoisotopic (exact) mass is 222 g/mol. The van der Waals surface area contributed by atoms with Gasteiger partial charge in [-0.3, -0.25) is 0 Å². The predicted octanol–water partition coefficient (Wildman–Crippen LogP) is 2.93. The van der Waals surface area contributed by atoms with E-state index < -0.39 is 4.87 Å². The van der Waals surface area contributed by atoms with Crippen molar-refractivity contribution in [2.75, 3.05) is 6.67 Å². The zero-order valence-corrected chi connectivity index (χ0v) is 9.22. The van der Waals surface area contributed by atoms with Crippen LogP contribution in [0.3, 0.4) is 0 Å². The number of alkyl halides is 1. The van der Waals surface area contributed by atoms with Gasteiger partial charge in [-0.2, -0.15) is 0 Å². The number of imidazole rings is 1. The Morgan fingerprint density at radius 1 is 1.53 bits per heavy atom. The molecular weight excluding hydrogens is 211 g/mol. The summed E-state index contributed by atoms with van der Waals surface area (Å²) in [5.41, 5.74) is 2.00. The van der Waals surface area contributed by atoms with Crippen LogP contribution < -0.4 is 0 Å². The van der Waals surface area contributed by atoms with Gasteiger partial charge >= 0.3 is 0 Å². The minimum absolute atomic E-state index is 0.356. The number of rotatable bonds is 1. The summed E-state index contributed by atoms with van der Waals surface area (Å²) in [6.07, 6.45) is 0. The largest absolute Gasteiger partial charge is 0.309 e. The summed E-state index contributed by atoms with van der Waals surface area (Å²) in [5.74, 6) is 1.79. The molecule has 1 aromatic carbocycles. The number of nitrogens with zero attached hydrogens (tertiary/aromatic N) is 2. The van der Waals surface area contributed by atoms with E-state index in [9.17, 15) is 4.39 Å². The van der Waals surface area contributed by atoms with Crippen LogP contribution in [0.2, 0.25) is 0 Å². The van der Waals surface area contributed by atoms with Crippen molar-refractivity contribution < 1.29 is 4.39 Å². The Kier molecular flexibility index (Phi) is 1.83. The van der Waals surface area contributed by atoms with Gasteiger partial charge in [-0.05, 0) is 19.1 Å². The molecule has 0 amide bonds. The Balaban J connectivity index is 2.34. The Labute approximate surface area is 91.5 Å². The molecule has 2 heterocycles. The molecule has 2 nitrogen and oxygen atoms in total. The Morgan fingerprint density at radius 3 is 3.13 bits per heavy atom. The van der Waals surface area contributed by atoms with Gasteiger partial charge in [0.2, 0.25) is 0 Å². The summed E-state index contributed by atoms with van der Waals surface area (Å²) >= 11 is 1.62. The molecule has 0 fully saturated rings. The highest BCUT2D eigenvalue weighted by molar-refractivity contribution is 7.99. The first-order chi connectivity index (χ1) is 7.24. The molecule has 0 saturated carbocycles. The van der Waals surface area contributed by atoms with Gasteiger partial charge in [-0.15, -0.1) is 11.8 Å². The molecule has 78 valence electrons. The molecule has 0 bridgehead atoms. The van der Waals surface area contributed by atoms with Crippen molar-refractivity contribution in [2.24, 2.45) is 0 Å². The molecule has 0 aliphatic carbocycles. The molecule has 0 saturated heterocycles. The van der Waals surface area contributed by atoms with Gasteiger partial charge in [-0.1, -0.05) is 12.1 Å². The fourth-order valence-electron chi connectivity index (χ4n) is 2.08. The maximum Gasteiger partial charge on any atom is 0.122 e. The molecule has 3 rings (SSSR count). The Bertz CT molecular complexity index is 522. The molecular formula is C11H11FN2S. The van der Waals surface area contributed by atoms with E-state index in [1.807, 2.05) is 35.8 Å². The van der Waals surface area contributed by atoms with Gasteiger partial charge in [0.05, 0.1) is 16.8 Å². The number of para-hydroxylation sites is 2. The van der Waals surface area contributed by atoms with Crippen molar-refractivity contribution in [2.45, 2.75) is 17.5 Å². The summed E-state index contributed by atoms with van der Waals surface area (Å²) in [5, 5.41) is 0. The zero-order chi connectivity index (χ0) is 10.5. The molecule has 0 N–H and O–H groups in total. The van der Waals surface area contributed by atoms with Gasteiger partial charge < -0.3 is 4.57 Å². The number of hydrogen-bond donors (Lipinski definition) is 0. The first-order valence-electron chi connectivity index (χ1n) is 4.91. The maximum absolute atomic E-state index is 13.1. The van der Waals surface area contributed by atoms with E-state index >= 15 is 0 Å². The number of hydrogen-bond acceptors (Lipinski definition) is 2. The highest BCUT2D eigenvalue weighted by atomic mass is 32.2. The van der Waals surface area contributed by atoms with Crippen molar-refractivity contribution in [3.63, 3.8) is 0 Å². The molecule has 2 aromatic rings. The van der Waals surface area contributed by atoms with E-state index in [1.165, 1.54) is 0 Å². The zero-order valence-electron chi connectivity index (χ0n) is 8.40. The summed E-state index contributed by atoms with van der Waals surface area (Å²) < 4.78 is 15.1. The lowest BCUT2D eigenvalue weighted by molar-refractivity contribution is 0.351. The topological polar surface area (TPSA) is 17.8 Å². The number of thioether (sulfide) groups is 1. The van der Waals surface area contributed by atoms with Crippen LogP contribution in [0.1, 0.15) is 12.7 Å². The van der Waals surface area contributed by atoms with Crippen LogP contribution in [0, 0.1) is 0 Å². The molecule has 1 aliphatic rings. The number of aromatic nitrogens is 2. The van der Waals surface area contributed by atoms with Crippen LogP contribution >= 0.6 is 11.8 Å². The van der Waals surface area contributed by atoms with Crippen LogP contribution in [0.4, 0.5) is 4.39 Å². The van der Waals surface area contributed by atoms with Gasteiger partial charge in [0.25, 0.3) is 0 Å². The highest BCUT2D eigenvalue weighted by Crippen LogP contribution is 2.43. The van der Waals surface area contributed by atoms with Crippen molar-refractivity contribution in [3.8, 4) is 0 Å².